The van der Waals surface area contributed by atoms with Gasteiger partial charge in [0.15, 0.2) is 0 Å². The molecule has 2 aromatic carbocycles. The summed E-state index contributed by atoms with van der Waals surface area (Å²) >= 11 is 1.58. The van der Waals surface area contributed by atoms with Gasteiger partial charge >= 0.3 is 0 Å². The number of fused-ring (bicyclic) bond motifs is 1. The highest BCUT2D eigenvalue weighted by Gasteiger charge is 2.17. The molecule has 0 aliphatic carbocycles. The molecule has 0 saturated heterocycles. The van der Waals surface area contributed by atoms with Crippen LogP contribution >= 0.6 is 11.3 Å². The number of thiazole rings is 1. The predicted molar refractivity (Wildman–Crippen MR) is 126 cm³/mol. The van der Waals surface area contributed by atoms with Gasteiger partial charge in [0, 0.05) is 16.9 Å². The van der Waals surface area contributed by atoms with E-state index in [-0.39, 0.29) is 12.0 Å². The monoisotopic (exact) mass is 434 g/mol. The van der Waals surface area contributed by atoms with Crippen molar-refractivity contribution in [3.63, 3.8) is 0 Å². The Morgan fingerprint density at radius 3 is 2.58 bits per heavy atom. The Morgan fingerprint density at radius 2 is 1.90 bits per heavy atom. The SMILES string of the molecule is Cc1cc(C)n(-c2nc3cc(C)c(NC(=O)c4cccc(OC(C)C)c4)c(C)c3s2)n1. The molecule has 0 atom stereocenters. The fourth-order valence-electron chi connectivity index (χ4n) is 3.65. The molecule has 0 unspecified atom stereocenters. The van der Waals surface area contributed by atoms with Gasteiger partial charge in [-0.3, -0.25) is 4.79 Å². The summed E-state index contributed by atoms with van der Waals surface area (Å²) in [4.78, 5) is 17.8. The summed E-state index contributed by atoms with van der Waals surface area (Å²) in [5.74, 6) is 0.520. The van der Waals surface area contributed by atoms with Crippen LogP contribution in [0.15, 0.2) is 36.4 Å². The summed E-state index contributed by atoms with van der Waals surface area (Å²) in [6.07, 6.45) is 0.0490. The molecular weight excluding hydrogens is 408 g/mol. The Morgan fingerprint density at radius 1 is 1.13 bits per heavy atom. The smallest absolute Gasteiger partial charge is 0.255 e. The number of amides is 1. The summed E-state index contributed by atoms with van der Waals surface area (Å²) in [5, 5.41) is 8.47. The first-order chi connectivity index (χ1) is 14.7. The number of nitrogens with one attached hydrogen (secondary N) is 1. The molecule has 4 rings (SSSR count). The van der Waals surface area contributed by atoms with Crippen LogP contribution in [-0.4, -0.2) is 26.8 Å². The number of benzene rings is 2. The van der Waals surface area contributed by atoms with E-state index in [4.69, 9.17) is 9.72 Å². The average Bonchev–Trinajstić information content (AvgIpc) is 3.27. The number of nitrogens with zero attached hydrogens (tertiary/aromatic N) is 3. The lowest BCUT2D eigenvalue weighted by Crippen LogP contribution is -2.14. The topological polar surface area (TPSA) is 69.0 Å². The number of ether oxygens (including phenoxy) is 1. The van der Waals surface area contributed by atoms with Gasteiger partial charge in [0.2, 0.25) is 5.13 Å². The van der Waals surface area contributed by atoms with E-state index in [0.29, 0.717) is 11.3 Å². The molecule has 2 aromatic heterocycles. The van der Waals surface area contributed by atoms with Crippen molar-refractivity contribution < 1.29 is 9.53 Å². The Bertz CT molecular complexity index is 1290. The first-order valence-electron chi connectivity index (χ1n) is 10.3. The fraction of sp³-hybridized carbons (Fsp3) is 0.292. The quantitative estimate of drug-likeness (QED) is 0.434. The second-order valence-electron chi connectivity index (χ2n) is 8.03. The number of aryl methyl sites for hydroxylation is 4. The number of anilines is 1. The molecule has 4 aromatic rings. The summed E-state index contributed by atoms with van der Waals surface area (Å²) in [6.45, 7) is 11.9. The molecule has 0 fully saturated rings. The molecule has 1 amide bonds. The lowest BCUT2D eigenvalue weighted by molar-refractivity contribution is 0.102. The van der Waals surface area contributed by atoms with E-state index in [1.165, 1.54) is 0 Å². The predicted octanol–water partition coefficient (Wildman–Crippen LogP) is 5.76. The maximum atomic E-state index is 13.0. The third kappa shape index (κ3) is 4.18. The van der Waals surface area contributed by atoms with Crippen LogP contribution in [-0.2, 0) is 0 Å². The molecular formula is C24H26N4O2S. The molecule has 2 heterocycles. The average molecular weight is 435 g/mol. The summed E-state index contributed by atoms with van der Waals surface area (Å²) < 4.78 is 8.63. The molecule has 0 saturated carbocycles. The maximum absolute atomic E-state index is 13.0. The molecule has 0 aliphatic heterocycles. The third-order valence-corrected chi connectivity index (χ3v) is 6.17. The Balaban J connectivity index is 1.68. The lowest BCUT2D eigenvalue weighted by Gasteiger charge is -2.14. The van der Waals surface area contributed by atoms with Gasteiger partial charge in [0.05, 0.1) is 22.0 Å². The summed E-state index contributed by atoms with van der Waals surface area (Å²) in [5.41, 5.74) is 6.26. The number of aromatic nitrogens is 3. The van der Waals surface area contributed by atoms with E-state index in [1.807, 2.05) is 70.5 Å². The largest absolute Gasteiger partial charge is 0.491 e. The van der Waals surface area contributed by atoms with Crippen LogP contribution in [0, 0.1) is 27.7 Å². The van der Waals surface area contributed by atoms with Crippen molar-refractivity contribution in [2.45, 2.75) is 47.6 Å². The Kier molecular flexibility index (Phi) is 5.54. The van der Waals surface area contributed by atoms with Crippen LogP contribution < -0.4 is 10.1 Å². The highest BCUT2D eigenvalue weighted by Crippen LogP contribution is 2.35. The van der Waals surface area contributed by atoms with Gasteiger partial charge < -0.3 is 10.1 Å². The fourth-order valence-corrected chi connectivity index (χ4v) is 4.71. The standard InChI is InChI=1S/C24H26N4O2S/c1-13(2)30-19-9-7-8-18(12-19)23(29)26-21-14(3)10-20-22(17(21)6)31-24(25-20)28-16(5)11-15(4)27-28/h7-13H,1-6H3,(H,26,29). The van der Waals surface area contributed by atoms with E-state index < -0.39 is 0 Å². The normalized spacial score (nSPS) is 11.3. The van der Waals surface area contributed by atoms with Crippen molar-refractivity contribution in [3.8, 4) is 10.9 Å². The van der Waals surface area contributed by atoms with Gasteiger partial charge in [0.25, 0.3) is 5.91 Å². The van der Waals surface area contributed by atoms with Gasteiger partial charge in [-0.1, -0.05) is 17.4 Å². The number of carbonyl (C=O) groups excluding carboxylic acids is 1. The van der Waals surface area contributed by atoms with Gasteiger partial charge in [0.1, 0.15) is 5.75 Å². The summed E-state index contributed by atoms with van der Waals surface area (Å²) in [6, 6.07) is 11.3. The Labute approximate surface area is 185 Å². The minimum atomic E-state index is -0.164. The molecule has 160 valence electrons. The highest BCUT2D eigenvalue weighted by molar-refractivity contribution is 7.21. The minimum Gasteiger partial charge on any atom is -0.491 e. The maximum Gasteiger partial charge on any atom is 0.255 e. The number of hydrogen-bond acceptors (Lipinski definition) is 5. The zero-order valence-corrected chi connectivity index (χ0v) is 19.4. The first-order valence-corrected chi connectivity index (χ1v) is 11.1. The molecule has 0 radical (unpaired) electrons. The van der Waals surface area contributed by atoms with Gasteiger partial charge in [-0.25, -0.2) is 9.67 Å². The van der Waals surface area contributed by atoms with Crippen molar-refractivity contribution in [2.24, 2.45) is 0 Å². The molecule has 7 heteroatoms. The molecule has 0 aliphatic rings. The van der Waals surface area contributed by atoms with Crippen LogP contribution in [0.25, 0.3) is 15.3 Å². The zero-order valence-electron chi connectivity index (χ0n) is 18.6. The van der Waals surface area contributed by atoms with E-state index >= 15 is 0 Å². The van der Waals surface area contributed by atoms with Gasteiger partial charge in [-0.2, -0.15) is 5.10 Å². The van der Waals surface area contributed by atoms with E-state index in [9.17, 15) is 4.79 Å². The van der Waals surface area contributed by atoms with Crippen molar-refractivity contribution >= 4 is 33.1 Å². The summed E-state index contributed by atoms with van der Waals surface area (Å²) in [7, 11) is 0. The van der Waals surface area contributed by atoms with Crippen LogP contribution in [0.1, 0.15) is 46.7 Å². The Hall–Kier alpha value is -3.19. The second-order valence-corrected chi connectivity index (χ2v) is 9.00. The lowest BCUT2D eigenvalue weighted by atomic mass is 10.1. The van der Waals surface area contributed by atoms with Crippen molar-refractivity contribution in [3.05, 3.63) is 64.5 Å². The third-order valence-electron chi connectivity index (χ3n) is 5.00. The zero-order chi connectivity index (χ0) is 22.3. The van der Waals surface area contributed by atoms with E-state index in [1.54, 1.807) is 23.5 Å². The molecule has 0 spiro atoms. The van der Waals surface area contributed by atoms with Crippen LogP contribution in [0.2, 0.25) is 0 Å². The first kappa shape index (κ1) is 21.1. The van der Waals surface area contributed by atoms with Crippen LogP contribution in [0.5, 0.6) is 5.75 Å². The number of hydrogen-bond donors (Lipinski definition) is 1. The van der Waals surface area contributed by atoms with Crippen molar-refractivity contribution in [2.75, 3.05) is 5.32 Å². The molecule has 1 N–H and O–H groups in total. The number of rotatable bonds is 5. The van der Waals surface area contributed by atoms with E-state index in [0.717, 1.165) is 43.6 Å². The van der Waals surface area contributed by atoms with Crippen LogP contribution in [0.3, 0.4) is 0 Å². The van der Waals surface area contributed by atoms with Gasteiger partial charge in [-0.15, -0.1) is 0 Å². The van der Waals surface area contributed by atoms with Crippen molar-refractivity contribution in [1.82, 2.24) is 14.8 Å². The molecule has 31 heavy (non-hydrogen) atoms. The van der Waals surface area contributed by atoms with E-state index in [2.05, 4.69) is 10.4 Å². The highest BCUT2D eigenvalue weighted by atomic mass is 32.1. The minimum absolute atomic E-state index is 0.0490. The molecule has 6 nitrogen and oxygen atoms in total. The molecule has 0 bridgehead atoms. The second kappa shape index (κ2) is 8.15. The number of carbonyl (C=O) groups is 1. The van der Waals surface area contributed by atoms with Gasteiger partial charge in [-0.05, 0) is 83.0 Å². The van der Waals surface area contributed by atoms with Crippen LogP contribution in [0.4, 0.5) is 5.69 Å². The van der Waals surface area contributed by atoms with Crippen molar-refractivity contribution in [1.29, 1.82) is 0 Å².